The van der Waals surface area contributed by atoms with Gasteiger partial charge in [0.15, 0.2) is 0 Å². The van der Waals surface area contributed by atoms with Crippen molar-refractivity contribution >= 4 is 28.8 Å². The van der Waals surface area contributed by atoms with E-state index in [2.05, 4.69) is 0 Å². The van der Waals surface area contributed by atoms with E-state index in [-0.39, 0.29) is 18.4 Å². The summed E-state index contributed by atoms with van der Waals surface area (Å²) in [5, 5.41) is 0.722. The minimum absolute atomic E-state index is 0.0324. The van der Waals surface area contributed by atoms with E-state index in [0.29, 0.717) is 28.0 Å². The maximum atomic E-state index is 12.9. The Hall–Kier alpha value is -3.61. The summed E-state index contributed by atoms with van der Waals surface area (Å²) in [7, 11) is 1.54. The van der Waals surface area contributed by atoms with Crippen molar-refractivity contribution in [3.63, 3.8) is 0 Å². The number of ether oxygens (including phenoxy) is 2. The molecule has 7 nitrogen and oxygen atoms in total. The Morgan fingerprint density at radius 3 is 2.19 bits per heavy atom. The van der Waals surface area contributed by atoms with Gasteiger partial charge in [0, 0.05) is 17.1 Å². The first-order valence-electron chi connectivity index (χ1n) is 9.98. The van der Waals surface area contributed by atoms with Crippen molar-refractivity contribution < 1.29 is 23.9 Å². The third kappa shape index (κ3) is 3.46. The number of benzene rings is 2. The zero-order valence-corrected chi connectivity index (χ0v) is 18.2. The fourth-order valence-corrected chi connectivity index (χ4v) is 3.91. The molecule has 2 heterocycles. The third-order valence-electron chi connectivity index (χ3n) is 5.23. The zero-order valence-electron chi connectivity index (χ0n) is 18.2. The lowest BCUT2D eigenvalue weighted by molar-refractivity contribution is 0.0542. The Morgan fingerprint density at radius 2 is 1.65 bits per heavy atom. The maximum absolute atomic E-state index is 12.9. The van der Waals surface area contributed by atoms with E-state index < -0.39 is 11.7 Å². The lowest BCUT2D eigenvalue weighted by Gasteiger charge is -2.21. The predicted octanol–water partition coefficient (Wildman–Crippen LogP) is 4.54. The summed E-state index contributed by atoms with van der Waals surface area (Å²) < 4.78 is 12.5. The third-order valence-corrected chi connectivity index (χ3v) is 5.23. The van der Waals surface area contributed by atoms with Crippen LogP contribution in [0.3, 0.4) is 0 Å². The lowest BCUT2D eigenvalue weighted by atomic mass is 10.0. The minimum atomic E-state index is -0.642. The topological polar surface area (TPSA) is 77.8 Å². The monoisotopic (exact) mass is 420 g/mol. The second kappa shape index (κ2) is 7.27. The molecule has 7 heteroatoms. The minimum Gasteiger partial charge on any atom is -0.496 e. The average Bonchev–Trinajstić information content (AvgIpc) is 3.25. The molecule has 1 aliphatic rings. The molecule has 0 radical (unpaired) electrons. The molecular formula is C24H24N2O5. The van der Waals surface area contributed by atoms with Crippen molar-refractivity contribution in [3.8, 4) is 5.75 Å². The molecule has 0 N–H and O–H groups in total. The van der Waals surface area contributed by atoms with Crippen LogP contribution in [0.2, 0.25) is 0 Å². The molecule has 0 atom stereocenters. The van der Waals surface area contributed by atoms with Crippen LogP contribution in [0.4, 0.5) is 4.79 Å². The van der Waals surface area contributed by atoms with E-state index in [9.17, 15) is 14.4 Å². The number of amides is 2. The molecular weight excluding hydrogens is 396 g/mol. The number of aromatic nitrogens is 1. The highest BCUT2D eigenvalue weighted by Crippen LogP contribution is 2.35. The molecule has 0 unspecified atom stereocenters. The number of hydrogen-bond acceptors (Lipinski definition) is 5. The first-order chi connectivity index (χ1) is 14.6. The maximum Gasteiger partial charge on any atom is 0.419 e. The summed E-state index contributed by atoms with van der Waals surface area (Å²) in [4.78, 5) is 39.7. The van der Waals surface area contributed by atoms with Gasteiger partial charge in [-0.1, -0.05) is 12.1 Å². The number of carbonyl (C=O) groups excluding carboxylic acids is 3. The Labute approximate surface area is 180 Å². The number of rotatable bonds is 3. The Kier molecular flexibility index (Phi) is 4.84. The largest absolute Gasteiger partial charge is 0.496 e. The van der Waals surface area contributed by atoms with Gasteiger partial charge in [0.1, 0.15) is 11.4 Å². The second-order valence-electron chi connectivity index (χ2n) is 8.54. The van der Waals surface area contributed by atoms with Gasteiger partial charge in [-0.25, -0.2) is 4.79 Å². The standard InChI is InChI=1S/C24H24N2O5/c1-14-12-19(30-5)18(13-26-21(27)16-8-6-7-9-17(16)22(26)28)15-10-11-25(20(14)15)23(29)31-24(2,3)4/h6-12H,13H2,1-5H3. The molecule has 31 heavy (non-hydrogen) atoms. The Balaban J connectivity index is 1.80. The van der Waals surface area contributed by atoms with Crippen LogP contribution in [0, 0.1) is 6.92 Å². The van der Waals surface area contributed by atoms with E-state index in [0.717, 1.165) is 10.9 Å². The highest BCUT2D eigenvalue weighted by atomic mass is 16.6. The first kappa shape index (κ1) is 20.7. The summed E-state index contributed by atoms with van der Waals surface area (Å²) in [6, 6.07) is 10.4. The predicted molar refractivity (Wildman–Crippen MR) is 116 cm³/mol. The van der Waals surface area contributed by atoms with E-state index in [4.69, 9.17) is 9.47 Å². The second-order valence-corrected chi connectivity index (χ2v) is 8.54. The number of nitrogens with zero attached hydrogens (tertiary/aromatic N) is 2. The Morgan fingerprint density at radius 1 is 1.03 bits per heavy atom. The molecule has 0 bridgehead atoms. The Bertz CT molecular complexity index is 1200. The van der Waals surface area contributed by atoms with Crippen molar-refractivity contribution in [3.05, 3.63) is 64.8 Å². The van der Waals surface area contributed by atoms with Crippen LogP contribution in [0.5, 0.6) is 5.75 Å². The smallest absolute Gasteiger partial charge is 0.419 e. The zero-order chi connectivity index (χ0) is 22.5. The molecule has 0 fully saturated rings. The average molecular weight is 420 g/mol. The molecule has 0 saturated carbocycles. The van der Waals surface area contributed by atoms with E-state index in [1.807, 2.05) is 6.92 Å². The number of imide groups is 1. The summed E-state index contributed by atoms with van der Waals surface area (Å²) in [6.07, 6.45) is 1.14. The van der Waals surface area contributed by atoms with Crippen molar-refractivity contribution in [2.24, 2.45) is 0 Å². The van der Waals surface area contributed by atoms with Crippen molar-refractivity contribution in [2.75, 3.05) is 7.11 Å². The molecule has 1 aromatic heterocycles. The van der Waals surface area contributed by atoms with Gasteiger partial charge in [-0.05, 0) is 57.5 Å². The molecule has 2 amide bonds. The van der Waals surface area contributed by atoms with Crippen LogP contribution >= 0.6 is 0 Å². The van der Waals surface area contributed by atoms with Gasteiger partial charge in [0.25, 0.3) is 11.8 Å². The van der Waals surface area contributed by atoms with Gasteiger partial charge in [-0.15, -0.1) is 0 Å². The first-order valence-corrected chi connectivity index (χ1v) is 9.98. The van der Waals surface area contributed by atoms with Crippen LogP contribution in [-0.4, -0.2) is 40.1 Å². The van der Waals surface area contributed by atoms with Crippen LogP contribution < -0.4 is 4.74 Å². The molecule has 160 valence electrons. The molecule has 4 rings (SSSR count). The summed E-state index contributed by atoms with van der Waals surface area (Å²) in [5.74, 6) is -0.144. The lowest BCUT2D eigenvalue weighted by Crippen LogP contribution is -2.29. The van der Waals surface area contributed by atoms with Crippen LogP contribution in [0.25, 0.3) is 10.9 Å². The van der Waals surface area contributed by atoms with Crippen molar-refractivity contribution in [1.82, 2.24) is 9.47 Å². The van der Waals surface area contributed by atoms with Gasteiger partial charge in [-0.2, -0.15) is 0 Å². The molecule has 2 aromatic carbocycles. The van der Waals surface area contributed by atoms with Crippen LogP contribution in [-0.2, 0) is 11.3 Å². The van der Waals surface area contributed by atoms with Gasteiger partial charge in [0.2, 0.25) is 0 Å². The highest BCUT2D eigenvalue weighted by molar-refractivity contribution is 6.21. The number of hydrogen-bond donors (Lipinski definition) is 0. The highest BCUT2D eigenvalue weighted by Gasteiger charge is 2.36. The molecule has 0 saturated heterocycles. The summed E-state index contributed by atoms with van der Waals surface area (Å²) >= 11 is 0. The van der Waals surface area contributed by atoms with Crippen LogP contribution in [0.15, 0.2) is 42.6 Å². The molecule has 0 spiro atoms. The van der Waals surface area contributed by atoms with Crippen LogP contribution in [0.1, 0.15) is 52.6 Å². The van der Waals surface area contributed by atoms with Gasteiger partial charge in [0.05, 0.1) is 30.3 Å². The molecule has 3 aromatic rings. The number of methoxy groups -OCH3 is 1. The van der Waals surface area contributed by atoms with E-state index >= 15 is 0 Å². The fourth-order valence-electron chi connectivity index (χ4n) is 3.91. The SMILES string of the molecule is COc1cc(C)c2c(ccn2C(=O)OC(C)(C)C)c1CN1C(=O)c2ccccc2C1=O. The van der Waals surface area contributed by atoms with Crippen molar-refractivity contribution in [2.45, 2.75) is 39.8 Å². The molecule has 1 aliphatic heterocycles. The number of carbonyl (C=O) groups is 3. The van der Waals surface area contributed by atoms with E-state index in [1.54, 1.807) is 63.4 Å². The van der Waals surface area contributed by atoms with Crippen molar-refractivity contribution in [1.29, 1.82) is 0 Å². The molecule has 0 aliphatic carbocycles. The number of fused-ring (bicyclic) bond motifs is 2. The fraction of sp³-hybridized carbons (Fsp3) is 0.292. The normalized spacial score (nSPS) is 13.6. The summed E-state index contributed by atoms with van der Waals surface area (Å²) in [5.41, 5.74) is 2.26. The van der Waals surface area contributed by atoms with Gasteiger partial charge in [-0.3, -0.25) is 19.1 Å². The van der Waals surface area contributed by atoms with Gasteiger partial charge < -0.3 is 9.47 Å². The number of aryl methyl sites for hydroxylation is 1. The summed E-state index contributed by atoms with van der Waals surface area (Å²) in [6.45, 7) is 7.32. The van der Waals surface area contributed by atoms with E-state index in [1.165, 1.54) is 16.6 Å². The van der Waals surface area contributed by atoms with Gasteiger partial charge >= 0.3 is 6.09 Å². The quantitative estimate of drug-likeness (QED) is 0.582.